The molecule has 10 nitrogen and oxygen atoms in total. The van der Waals surface area contributed by atoms with Gasteiger partial charge in [-0.15, -0.1) is 11.3 Å². The van der Waals surface area contributed by atoms with Crippen LogP contribution in [0.1, 0.15) is 30.7 Å². The molecular formula is C18H12ClF3N8O2S. The van der Waals surface area contributed by atoms with E-state index in [-0.39, 0.29) is 22.9 Å². The number of hydrogen-bond donors (Lipinski definition) is 2. The molecule has 4 rings (SSSR count). The molecule has 2 amide bonds. The third kappa shape index (κ3) is 4.75. The van der Waals surface area contributed by atoms with E-state index in [1.54, 1.807) is 11.6 Å². The molecule has 0 aliphatic heterocycles. The molecule has 15 heteroatoms. The summed E-state index contributed by atoms with van der Waals surface area (Å²) in [5.74, 6) is -1.53. The van der Waals surface area contributed by atoms with Crippen LogP contribution in [-0.4, -0.2) is 41.3 Å². The maximum Gasteiger partial charge on any atom is 0.418 e. The molecule has 0 aliphatic carbocycles. The fourth-order valence-corrected chi connectivity index (χ4v) is 3.71. The van der Waals surface area contributed by atoms with Gasteiger partial charge in [0, 0.05) is 13.2 Å². The van der Waals surface area contributed by atoms with Crippen LogP contribution >= 0.6 is 22.9 Å². The smallest absolute Gasteiger partial charge is 0.344 e. The maximum absolute atomic E-state index is 13.0. The molecule has 170 valence electrons. The SMILES string of the molecule is Cn1cnc2c(C(=O)NCc3ncc(C(=O)Nc4cc(C(F)(F)F)c(Cl)cn4)s3)ncnc21. The van der Waals surface area contributed by atoms with Crippen molar-refractivity contribution in [3.05, 3.63) is 57.3 Å². The second kappa shape index (κ2) is 8.71. The predicted molar refractivity (Wildman–Crippen MR) is 112 cm³/mol. The summed E-state index contributed by atoms with van der Waals surface area (Å²) in [5.41, 5.74) is -0.198. The van der Waals surface area contributed by atoms with Crippen molar-refractivity contribution >= 4 is 51.7 Å². The molecule has 0 radical (unpaired) electrons. The number of alkyl halides is 3. The van der Waals surface area contributed by atoms with Gasteiger partial charge < -0.3 is 15.2 Å². The largest absolute Gasteiger partial charge is 0.418 e. The number of pyridine rings is 1. The Morgan fingerprint density at radius 2 is 1.91 bits per heavy atom. The molecule has 4 heterocycles. The summed E-state index contributed by atoms with van der Waals surface area (Å²) in [6, 6.07) is 0.641. The second-order valence-electron chi connectivity index (χ2n) is 6.55. The van der Waals surface area contributed by atoms with Crippen molar-refractivity contribution in [3.63, 3.8) is 0 Å². The Morgan fingerprint density at radius 1 is 1.12 bits per heavy atom. The molecular weight excluding hydrogens is 485 g/mol. The van der Waals surface area contributed by atoms with Gasteiger partial charge in [0.1, 0.15) is 27.5 Å². The molecule has 4 aromatic heterocycles. The number of anilines is 1. The van der Waals surface area contributed by atoms with E-state index in [9.17, 15) is 22.8 Å². The van der Waals surface area contributed by atoms with Gasteiger partial charge in [-0.05, 0) is 6.07 Å². The van der Waals surface area contributed by atoms with Gasteiger partial charge in [-0.25, -0.2) is 24.9 Å². The number of amides is 2. The van der Waals surface area contributed by atoms with Crippen molar-refractivity contribution in [3.8, 4) is 0 Å². The Balaban J connectivity index is 1.42. The molecule has 0 spiro atoms. The van der Waals surface area contributed by atoms with Crippen LogP contribution in [0.2, 0.25) is 5.02 Å². The summed E-state index contributed by atoms with van der Waals surface area (Å²) in [7, 11) is 1.73. The lowest BCUT2D eigenvalue weighted by atomic mass is 10.2. The van der Waals surface area contributed by atoms with Crippen LogP contribution in [-0.2, 0) is 19.8 Å². The summed E-state index contributed by atoms with van der Waals surface area (Å²) in [5, 5.41) is 4.71. The molecule has 33 heavy (non-hydrogen) atoms. The highest BCUT2D eigenvalue weighted by Gasteiger charge is 2.34. The first-order valence-electron chi connectivity index (χ1n) is 9.02. The number of nitrogens with zero attached hydrogens (tertiary/aromatic N) is 6. The van der Waals surface area contributed by atoms with Crippen LogP contribution < -0.4 is 10.6 Å². The van der Waals surface area contributed by atoms with Crippen LogP contribution in [0.5, 0.6) is 0 Å². The van der Waals surface area contributed by atoms with Crippen LogP contribution in [0.15, 0.2) is 31.1 Å². The summed E-state index contributed by atoms with van der Waals surface area (Å²) in [4.78, 5) is 44.9. The zero-order valence-electron chi connectivity index (χ0n) is 16.5. The lowest BCUT2D eigenvalue weighted by Gasteiger charge is -2.10. The van der Waals surface area contributed by atoms with E-state index in [0.29, 0.717) is 22.2 Å². The van der Waals surface area contributed by atoms with Crippen molar-refractivity contribution in [2.45, 2.75) is 12.7 Å². The fraction of sp³-hybridized carbons (Fsp3) is 0.167. The minimum Gasteiger partial charge on any atom is -0.344 e. The zero-order chi connectivity index (χ0) is 23.8. The van der Waals surface area contributed by atoms with E-state index in [1.807, 2.05) is 0 Å². The first kappa shape index (κ1) is 22.5. The standard InChI is InChI=1S/C18H12ClF3N8O2S/c1-30-7-28-13-14(26-6-27-15(13)30)17(32)25-5-12-24-4-10(33-12)16(31)29-11-2-8(18(20,21)22)9(19)3-23-11/h2-4,6-7H,5H2,1H3,(H,25,32)(H,23,29,31). The molecule has 0 fully saturated rings. The van der Waals surface area contributed by atoms with E-state index in [1.165, 1.54) is 18.9 Å². The number of halogens is 4. The van der Waals surface area contributed by atoms with Crippen molar-refractivity contribution in [1.82, 2.24) is 34.8 Å². The van der Waals surface area contributed by atoms with Crippen LogP contribution in [0.25, 0.3) is 11.2 Å². The summed E-state index contributed by atoms with van der Waals surface area (Å²) < 4.78 is 40.6. The van der Waals surface area contributed by atoms with Crippen molar-refractivity contribution < 1.29 is 22.8 Å². The predicted octanol–water partition coefficient (Wildman–Crippen LogP) is 3.07. The summed E-state index contributed by atoms with van der Waals surface area (Å²) in [6.07, 6.45) is 0.109. The third-order valence-corrected chi connectivity index (χ3v) is 5.59. The van der Waals surface area contributed by atoms with Gasteiger partial charge in [0.2, 0.25) is 0 Å². The van der Waals surface area contributed by atoms with Gasteiger partial charge in [-0.2, -0.15) is 13.2 Å². The van der Waals surface area contributed by atoms with Gasteiger partial charge in [0.05, 0.1) is 29.7 Å². The molecule has 0 unspecified atom stereocenters. The Kier molecular flexibility index (Phi) is 5.95. The van der Waals surface area contributed by atoms with Crippen molar-refractivity contribution in [1.29, 1.82) is 0 Å². The molecule has 0 aliphatic rings. The number of rotatable bonds is 5. The highest BCUT2D eigenvalue weighted by molar-refractivity contribution is 7.13. The third-order valence-electron chi connectivity index (χ3n) is 4.29. The number of aromatic nitrogens is 6. The minimum absolute atomic E-state index is 0.00741. The molecule has 0 saturated heterocycles. The van der Waals surface area contributed by atoms with Gasteiger partial charge in [0.15, 0.2) is 11.3 Å². The number of carbonyl (C=O) groups is 2. The average molecular weight is 497 g/mol. The molecule has 0 saturated carbocycles. The number of thiazole rings is 1. The maximum atomic E-state index is 13.0. The van der Waals surface area contributed by atoms with Gasteiger partial charge >= 0.3 is 6.18 Å². The quantitative estimate of drug-likeness (QED) is 0.434. The summed E-state index contributed by atoms with van der Waals surface area (Å²) in [6.45, 7) is -0.00741. The van der Waals surface area contributed by atoms with Crippen LogP contribution in [0.3, 0.4) is 0 Å². The second-order valence-corrected chi connectivity index (χ2v) is 8.07. The van der Waals surface area contributed by atoms with E-state index < -0.39 is 28.6 Å². The Hall–Kier alpha value is -3.65. The normalized spacial score (nSPS) is 11.5. The van der Waals surface area contributed by atoms with Gasteiger partial charge in [0.25, 0.3) is 11.8 Å². The monoisotopic (exact) mass is 496 g/mol. The van der Waals surface area contributed by atoms with Gasteiger partial charge in [-0.3, -0.25) is 9.59 Å². The lowest BCUT2D eigenvalue weighted by Crippen LogP contribution is -2.24. The van der Waals surface area contributed by atoms with Crippen molar-refractivity contribution in [2.24, 2.45) is 7.05 Å². The van der Waals surface area contributed by atoms with E-state index >= 15 is 0 Å². The molecule has 0 bridgehead atoms. The molecule has 4 aromatic rings. The Morgan fingerprint density at radius 3 is 2.67 bits per heavy atom. The first-order chi connectivity index (χ1) is 15.6. The molecule has 2 N–H and O–H groups in total. The highest BCUT2D eigenvalue weighted by Crippen LogP contribution is 2.35. The number of nitrogens with one attached hydrogen (secondary N) is 2. The van der Waals surface area contributed by atoms with Crippen LogP contribution in [0, 0.1) is 0 Å². The zero-order valence-corrected chi connectivity index (χ0v) is 18.1. The average Bonchev–Trinajstić information content (AvgIpc) is 3.40. The van der Waals surface area contributed by atoms with Crippen LogP contribution in [0.4, 0.5) is 19.0 Å². The number of fused-ring (bicyclic) bond motifs is 1. The number of carbonyl (C=O) groups excluding carboxylic acids is 2. The fourth-order valence-electron chi connectivity index (χ4n) is 2.75. The Bertz CT molecular complexity index is 1370. The van der Waals surface area contributed by atoms with E-state index in [0.717, 1.165) is 17.5 Å². The lowest BCUT2D eigenvalue weighted by molar-refractivity contribution is -0.137. The van der Waals surface area contributed by atoms with Gasteiger partial charge in [-0.1, -0.05) is 11.6 Å². The topological polar surface area (TPSA) is 128 Å². The first-order valence-corrected chi connectivity index (χ1v) is 10.2. The number of hydrogen-bond acceptors (Lipinski definition) is 8. The minimum atomic E-state index is -4.69. The van der Waals surface area contributed by atoms with E-state index in [4.69, 9.17) is 11.6 Å². The Labute approximate surface area is 191 Å². The molecule has 0 aromatic carbocycles. The highest BCUT2D eigenvalue weighted by atomic mass is 35.5. The number of imidazole rings is 1. The van der Waals surface area contributed by atoms with E-state index in [2.05, 4.69) is 35.6 Å². The number of aryl methyl sites for hydroxylation is 1. The van der Waals surface area contributed by atoms with Crippen molar-refractivity contribution in [2.75, 3.05) is 5.32 Å². The molecule has 0 atom stereocenters. The summed E-state index contributed by atoms with van der Waals surface area (Å²) >= 11 is 6.48.